The molecule has 42 heavy (non-hydrogen) atoms. The maximum absolute atomic E-state index is 13.4. The Bertz CT molecular complexity index is 1420. The van der Waals surface area contributed by atoms with Gasteiger partial charge in [-0.2, -0.15) is 5.10 Å². The molecule has 8 nitrogen and oxygen atoms in total. The smallest absolute Gasteiger partial charge is 0.303 e. The van der Waals surface area contributed by atoms with Crippen LogP contribution in [0.15, 0.2) is 59.6 Å². The van der Waals surface area contributed by atoms with Crippen molar-refractivity contribution >= 4 is 46.3 Å². The molecule has 0 unspecified atom stereocenters. The van der Waals surface area contributed by atoms with Crippen molar-refractivity contribution in [2.24, 2.45) is 0 Å². The molecule has 222 valence electrons. The van der Waals surface area contributed by atoms with Gasteiger partial charge in [0.05, 0.1) is 24.8 Å². The number of carboxylic acids is 1. The van der Waals surface area contributed by atoms with E-state index < -0.39 is 5.97 Å². The average Bonchev–Trinajstić information content (AvgIpc) is 3.54. The third-order valence-electron chi connectivity index (χ3n) is 7.10. The van der Waals surface area contributed by atoms with Crippen LogP contribution in [0, 0.1) is 0 Å². The van der Waals surface area contributed by atoms with Gasteiger partial charge in [-0.25, -0.2) is 4.68 Å². The Labute approximate surface area is 256 Å². The Kier molecular flexibility index (Phi) is 11.6. The molecule has 0 saturated carbocycles. The van der Waals surface area contributed by atoms with Gasteiger partial charge in [-0.1, -0.05) is 80.7 Å². The van der Waals surface area contributed by atoms with Crippen LogP contribution in [-0.4, -0.2) is 56.7 Å². The van der Waals surface area contributed by atoms with E-state index in [9.17, 15) is 9.59 Å². The zero-order chi connectivity index (χ0) is 29.9. The summed E-state index contributed by atoms with van der Waals surface area (Å²) < 4.78 is 13.3. The number of carboxylic acid groups (broad SMARTS) is 1. The molecule has 1 aliphatic heterocycles. The molecule has 1 amide bonds. The first-order valence-electron chi connectivity index (χ1n) is 14.3. The number of aromatic nitrogens is 2. The Morgan fingerprint density at radius 2 is 1.62 bits per heavy atom. The van der Waals surface area contributed by atoms with E-state index in [-0.39, 0.29) is 12.3 Å². The quantitative estimate of drug-likeness (QED) is 0.103. The van der Waals surface area contributed by atoms with Crippen molar-refractivity contribution in [3.05, 3.63) is 65.2 Å². The average molecular weight is 608 g/mol. The van der Waals surface area contributed by atoms with Crippen molar-refractivity contribution in [1.29, 1.82) is 0 Å². The second-order valence-electron chi connectivity index (χ2n) is 10.1. The summed E-state index contributed by atoms with van der Waals surface area (Å²) in [6.45, 7) is 0.604. The van der Waals surface area contributed by atoms with Gasteiger partial charge in [-0.3, -0.25) is 14.5 Å². The minimum Gasteiger partial charge on any atom is -0.493 e. The standard InChI is InChI=1S/C32H37N3O5S2/c1-39-26-18-17-23(20-27(26)40-2)30-24(22-35(33-30)25-14-10-9-11-15-25)21-28-31(38)34(32(41)42-28)19-13-8-6-4-3-5-7-12-16-29(36)37/h9-11,14-15,17-18,20-22H,3-8,12-13,16,19H2,1-2H3,(H,36,37). The predicted octanol–water partition coefficient (Wildman–Crippen LogP) is 7.35. The largest absolute Gasteiger partial charge is 0.493 e. The van der Waals surface area contributed by atoms with Crippen molar-refractivity contribution in [2.75, 3.05) is 20.8 Å². The number of methoxy groups -OCH3 is 2. The number of nitrogens with zero attached hydrogens (tertiary/aromatic N) is 3. The van der Waals surface area contributed by atoms with Crippen LogP contribution in [0.25, 0.3) is 23.0 Å². The van der Waals surface area contributed by atoms with Crippen LogP contribution in [0.5, 0.6) is 11.5 Å². The number of unbranched alkanes of at least 4 members (excludes halogenated alkanes) is 7. The van der Waals surface area contributed by atoms with E-state index in [4.69, 9.17) is 31.9 Å². The fourth-order valence-corrected chi connectivity index (χ4v) is 6.15. The molecular weight excluding hydrogens is 571 g/mol. The normalized spacial score (nSPS) is 14.1. The minimum absolute atomic E-state index is 0.0749. The summed E-state index contributed by atoms with van der Waals surface area (Å²) in [7, 11) is 3.20. The highest BCUT2D eigenvalue weighted by Gasteiger charge is 2.32. The molecule has 0 spiro atoms. The van der Waals surface area contributed by atoms with Gasteiger partial charge in [0.15, 0.2) is 11.5 Å². The number of rotatable bonds is 16. The van der Waals surface area contributed by atoms with E-state index in [1.54, 1.807) is 19.1 Å². The lowest BCUT2D eigenvalue weighted by Crippen LogP contribution is -2.29. The third kappa shape index (κ3) is 8.23. The number of carbonyl (C=O) groups is 2. The Morgan fingerprint density at radius 3 is 2.29 bits per heavy atom. The first-order chi connectivity index (χ1) is 20.4. The van der Waals surface area contributed by atoms with Crippen molar-refractivity contribution in [3.8, 4) is 28.4 Å². The van der Waals surface area contributed by atoms with Gasteiger partial charge in [-0.15, -0.1) is 0 Å². The molecule has 1 fully saturated rings. The molecule has 3 aromatic rings. The second-order valence-corrected chi connectivity index (χ2v) is 11.8. The summed E-state index contributed by atoms with van der Waals surface area (Å²) in [5, 5.41) is 13.6. The topological polar surface area (TPSA) is 93.9 Å². The van der Waals surface area contributed by atoms with E-state index in [1.165, 1.54) is 11.8 Å². The Morgan fingerprint density at radius 1 is 0.952 bits per heavy atom. The summed E-state index contributed by atoms with van der Waals surface area (Å²) in [6, 6.07) is 15.5. The number of para-hydroxylation sites is 1. The Balaban J connectivity index is 1.43. The van der Waals surface area contributed by atoms with Crippen LogP contribution in [0.3, 0.4) is 0 Å². The van der Waals surface area contributed by atoms with E-state index in [1.807, 2.05) is 65.5 Å². The lowest BCUT2D eigenvalue weighted by Gasteiger charge is -2.14. The highest BCUT2D eigenvalue weighted by atomic mass is 32.2. The maximum atomic E-state index is 13.4. The molecule has 2 aromatic carbocycles. The summed E-state index contributed by atoms with van der Waals surface area (Å²) in [5.41, 5.74) is 3.26. The van der Waals surface area contributed by atoms with Crippen molar-refractivity contribution in [1.82, 2.24) is 14.7 Å². The monoisotopic (exact) mass is 607 g/mol. The lowest BCUT2D eigenvalue weighted by molar-refractivity contribution is -0.137. The number of amides is 1. The van der Waals surface area contributed by atoms with Crippen molar-refractivity contribution < 1.29 is 24.2 Å². The summed E-state index contributed by atoms with van der Waals surface area (Å²) >= 11 is 6.92. The molecule has 0 atom stereocenters. The number of thioether (sulfide) groups is 1. The second kappa shape index (κ2) is 15.6. The number of thiocarbonyl (C=S) groups is 1. The highest BCUT2D eigenvalue weighted by Crippen LogP contribution is 2.37. The number of ether oxygens (including phenoxy) is 2. The molecule has 1 aromatic heterocycles. The van der Waals surface area contributed by atoms with Gasteiger partial charge in [0.2, 0.25) is 0 Å². The first kappa shape index (κ1) is 31.3. The van der Waals surface area contributed by atoms with Gasteiger partial charge in [0.1, 0.15) is 10.0 Å². The van der Waals surface area contributed by atoms with Gasteiger partial charge in [0, 0.05) is 30.3 Å². The molecule has 1 N–H and O–H groups in total. The van der Waals surface area contributed by atoms with Crippen LogP contribution < -0.4 is 9.47 Å². The summed E-state index contributed by atoms with van der Waals surface area (Å²) in [4.78, 5) is 26.3. The van der Waals surface area contributed by atoms with Crippen LogP contribution in [0.4, 0.5) is 0 Å². The minimum atomic E-state index is -0.721. The number of carbonyl (C=O) groups excluding carboxylic acids is 1. The van der Waals surface area contributed by atoms with Gasteiger partial charge in [-0.05, 0) is 49.2 Å². The fourth-order valence-electron chi connectivity index (χ4n) is 4.85. The SMILES string of the molecule is COc1ccc(-c2nn(-c3ccccc3)cc2C=C2SC(=S)N(CCCCCCCCCCC(=O)O)C2=O)cc1OC. The van der Waals surface area contributed by atoms with Gasteiger partial charge in [0.25, 0.3) is 5.91 Å². The number of benzene rings is 2. The van der Waals surface area contributed by atoms with Crippen molar-refractivity contribution in [2.45, 2.75) is 57.8 Å². The van der Waals surface area contributed by atoms with Crippen molar-refractivity contribution in [3.63, 3.8) is 0 Å². The first-order valence-corrected chi connectivity index (χ1v) is 15.5. The fraction of sp³-hybridized carbons (Fsp3) is 0.375. The Hall–Kier alpha value is -3.63. The molecule has 10 heteroatoms. The lowest BCUT2D eigenvalue weighted by atomic mass is 10.1. The van der Waals surface area contributed by atoms with Crippen LogP contribution in [0.1, 0.15) is 63.4 Å². The zero-order valence-electron chi connectivity index (χ0n) is 24.1. The summed E-state index contributed by atoms with van der Waals surface area (Å²) in [5.74, 6) is 0.428. The van der Waals surface area contributed by atoms with Crippen LogP contribution in [-0.2, 0) is 9.59 Å². The predicted molar refractivity (Wildman–Crippen MR) is 171 cm³/mol. The molecule has 1 aliphatic rings. The number of hydrogen-bond donors (Lipinski definition) is 1. The molecule has 2 heterocycles. The number of aliphatic carboxylic acids is 1. The molecular formula is C32H37N3O5S2. The van der Waals surface area contributed by atoms with Gasteiger partial charge < -0.3 is 14.6 Å². The van der Waals surface area contributed by atoms with Crippen LogP contribution in [0.2, 0.25) is 0 Å². The van der Waals surface area contributed by atoms with Crippen LogP contribution >= 0.6 is 24.0 Å². The molecule has 0 bridgehead atoms. The van der Waals surface area contributed by atoms with Gasteiger partial charge >= 0.3 is 5.97 Å². The highest BCUT2D eigenvalue weighted by molar-refractivity contribution is 8.26. The van der Waals surface area contributed by atoms with E-state index in [0.29, 0.717) is 33.0 Å². The zero-order valence-corrected chi connectivity index (χ0v) is 25.7. The molecule has 4 rings (SSSR count). The van der Waals surface area contributed by atoms with E-state index >= 15 is 0 Å². The molecule has 0 aliphatic carbocycles. The number of hydrogen-bond acceptors (Lipinski definition) is 7. The molecule has 1 saturated heterocycles. The summed E-state index contributed by atoms with van der Waals surface area (Å²) in [6.07, 6.45) is 12.1. The maximum Gasteiger partial charge on any atom is 0.303 e. The molecule has 0 radical (unpaired) electrons. The van der Waals surface area contributed by atoms with E-state index in [0.717, 1.165) is 68.2 Å². The van der Waals surface area contributed by atoms with E-state index in [2.05, 4.69) is 0 Å². The third-order valence-corrected chi connectivity index (χ3v) is 8.48.